The molecule has 2 rings (SSSR count). The summed E-state index contributed by atoms with van der Waals surface area (Å²) in [6, 6.07) is 0. The van der Waals surface area contributed by atoms with Gasteiger partial charge in [0.05, 0.1) is 6.33 Å². The van der Waals surface area contributed by atoms with Crippen molar-refractivity contribution in [2.45, 2.75) is 5.03 Å². The Morgan fingerprint density at radius 2 is 2.50 bits per heavy atom. The Morgan fingerprint density at radius 3 is 3.40 bits per heavy atom. The topological polar surface area (TPSA) is 79.1 Å². The van der Waals surface area contributed by atoms with Gasteiger partial charge in [-0.1, -0.05) is 0 Å². The lowest BCUT2D eigenvalue weighted by atomic mass is 10.7. The first-order chi connectivity index (χ1) is 4.86. The van der Waals surface area contributed by atoms with E-state index in [2.05, 4.69) is 19.7 Å². The molecule has 10 heavy (non-hydrogen) atoms. The molecule has 0 saturated heterocycles. The molecule has 1 aliphatic heterocycles. The van der Waals surface area contributed by atoms with Gasteiger partial charge in [-0.2, -0.15) is 4.99 Å². The lowest BCUT2D eigenvalue weighted by molar-refractivity contribution is 1.15. The summed E-state index contributed by atoms with van der Waals surface area (Å²) >= 11 is 1.36. The molecule has 0 unspecified atom stereocenters. The molecule has 1 aromatic heterocycles. The van der Waals surface area contributed by atoms with E-state index in [1.807, 2.05) is 0 Å². The first kappa shape index (κ1) is 5.60. The summed E-state index contributed by atoms with van der Waals surface area (Å²) < 4.78 is 2.79. The molecule has 0 amide bonds. The molecule has 0 radical (unpaired) electrons. The van der Waals surface area contributed by atoms with Gasteiger partial charge in [-0.05, 0) is 0 Å². The van der Waals surface area contributed by atoms with E-state index >= 15 is 0 Å². The highest BCUT2D eigenvalue weighted by molar-refractivity contribution is 7.98. The van der Waals surface area contributed by atoms with Crippen molar-refractivity contribution < 1.29 is 0 Å². The highest BCUT2D eigenvalue weighted by Gasteiger charge is 2.10. The van der Waals surface area contributed by atoms with Crippen molar-refractivity contribution in [3.05, 3.63) is 6.33 Å². The first-order valence-electron chi connectivity index (χ1n) is 2.66. The smallest absolute Gasteiger partial charge is 0.205 e. The third kappa shape index (κ3) is 0.730. The van der Waals surface area contributed by atoms with E-state index in [9.17, 15) is 0 Å². The van der Waals surface area contributed by atoms with E-state index in [1.54, 1.807) is 6.33 Å². The fourth-order valence-corrected chi connectivity index (χ4v) is 1.23. The first-order valence-corrected chi connectivity index (χ1v) is 3.48. The number of nitrogens with two attached hydrogens (primary N) is 1. The minimum atomic E-state index is 0.404. The molecule has 0 saturated carbocycles. The average molecular weight is 155 g/mol. The van der Waals surface area contributed by atoms with Gasteiger partial charge in [-0.3, -0.25) is 4.72 Å². The molecule has 0 bridgehead atoms. The summed E-state index contributed by atoms with van der Waals surface area (Å²) in [5.41, 5.74) is 5.38. The number of H-pyrrole nitrogens is 1. The highest BCUT2D eigenvalue weighted by atomic mass is 32.2. The summed E-state index contributed by atoms with van der Waals surface area (Å²) in [5, 5.41) is 0.828. The molecule has 0 aromatic carbocycles. The fraction of sp³-hybridized carbons (Fsp3) is 0. The van der Waals surface area contributed by atoms with E-state index in [0.717, 1.165) is 10.8 Å². The van der Waals surface area contributed by atoms with Gasteiger partial charge >= 0.3 is 0 Å². The van der Waals surface area contributed by atoms with Crippen molar-refractivity contribution >= 4 is 23.7 Å². The summed E-state index contributed by atoms with van der Waals surface area (Å²) in [6.07, 6.45) is 1.58. The van der Waals surface area contributed by atoms with Crippen molar-refractivity contribution in [1.82, 2.24) is 14.7 Å². The van der Waals surface area contributed by atoms with Crippen LogP contribution in [0.1, 0.15) is 0 Å². The molecule has 5 nitrogen and oxygen atoms in total. The number of rotatable bonds is 0. The zero-order valence-electron chi connectivity index (χ0n) is 4.96. The van der Waals surface area contributed by atoms with E-state index in [-0.39, 0.29) is 0 Å². The molecule has 0 atom stereocenters. The van der Waals surface area contributed by atoms with Crippen LogP contribution in [-0.4, -0.2) is 15.9 Å². The van der Waals surface area contributed by atoms with Crippen molar-refractivity contribution in [3.63, 3.8) is 0 Å². The molecule has 52 valence electrons. The maximum absolute atomic E-state index is 5.38. The summed E-state index contributed by atoms with van der Waals surface area (Å²) in [7, 11) is 0. The number of nitrogens with zero attached hydrogens (tertiary/aromatic N) is 2. The Morgan fingerprint density at radius 1 is 1.60 bits per heavy atom. The Hall–Kier alpha value is -1.17. The van der Waals surface area contributed by atoms with Crippen molar-refractivity contribution in [3.8, 4) is 0 Å². The predicted octanol–water partition coefficient (Wildman–Crippen LogP) is -0.0338. The predicted molar refractivity (Wildman–Crippen MR) is 38.9 cm³/mol. The molecule has 6 heteroatoms. The number of aromatic amines is 1. The average Bonchev–Trinajstić information content (AvgIpc) is 2.33. The van der Waals surface area contributed by atoms with E-state index in [0.29, 0.717) is 5.96 Å². The van der Waals surface area contributed by atoms with Gasteiger partial charge in [0, 0.05) is 11.9 Å². The number of hydrogen-bond acceptors (Lipinski definition) is 5. The van der Waals surface area contributed by atoms with Crippen molar-refractivity contribution in [2.24, 2.45) is 10.7 Å². The largest absolute Gasteiger partial charge is 0.369 e. The van der Waals surface area contributed by atoms with Gasteiger partial charge < -0.3 is 10.7 Å². The SMILES string of the molecule is NC1=Nc2[nH]cnc2SN1. The normalized spacial score (nSPS) is 15.4. The molecule has 2 heterocycles. The van der Waals surface area contributed by atoms with Gasteiger partial charge in [0.1, 0.15) is 0 Å². The summed E-state index contributed by atoms with van der Waals surface area (Å²) in [5.74, 6) is 1.13. The Labute approximate surface area is 61.3 Å². The highest BCUT2D eigenvalue weighted by Crippen LogP contribution is 2.25. The van der Waals surface area contributed by atoms with Crippen LogP contribution < -0.4 is 10.5 Å². The second kappa shape index (κ2) is 1.91. The van der Waals surface area contributed by atoms with E-state index < -0.39 is 0 Å². The van der Waals surface area contributed by atoms with E-state index in [4.69, 9.17) is 5.73 Å². The van der Waals surface area contributed by atoms with Gasteiger partial charge in [0.25, 0.3) is 0 Å². The Balaban J connectivity index is 2.50. The van der Waals surface area contributed by atoms with Crippen molar-refractivity contribution in [2.75, 3.05) is 0 Å². The maximum atomic E-state index is 5.38. The van der Waals surface area contributed by atoms with Crippen molar-refractivity contribution in [1.29, 1.82) is 0 Å². The number of imidazole rings is 1. The standard InChI is InChI=1S/C4H5N5S/c5-4-8-2-3(10-9-4)7-1-6-2/h1H,(H,6,7)(H3,5,8,9). The minimum Gasteiger partial charge on any atom is -0.369 e. The van der Waals surface area contributed by atoms with Crippen LogP contribution in [0.25, 0.3) is 0 Å². The Bertz CT molecular complexity index is 277. The van der Waals surface area contributed by atoms with Gasteiger partial charge in [-0.15, -0.1) is 0 Å². The quantitative estimate of drug-likeness (QED) is 0.459. The molecule has 4 N–H and O–H groups in total. The van der Waals surface area contributed by atoms with Gasteiger partial charge in [0.2, 0.25) is 5.96 Å². The molecule has 0 aliphatic carbocycles. The third-order valence-corrected chi connectivity index (χ3v) is 1.87. The fourth-order valence-electron chi connectivity index (χ4n) is 0.674. The molecule has 0 spiro atoms. The lowest BCUT2D eigenvalue weighted by Crippen LogP contribution is -2.27. The zero-order valence-corrected chi connectivity index (χ0v) is 5.77. The van der Waals surface area contributed by atoms with E-state index in [1.165, 1.54) is 11.9 Å². The molecular formula is C4H5N5S. The second-order valence-corrected chi connectivity index (χ2v) is 2.55. The number of hydrogen-bond donors (Lipinski definition) is 3. The second-order valence-electron chi connectivity index (χ2n) is 1.76. The van der Waals surface area contributed by atoms with Crippen LogP contribution in [0.2, 0.25) is 0 Å². The van der Waals surface area contributed by atoms with Crippen LogP contribution in [0.5, 0.6) is 0 Å². The monoisotopic (exact) mass is 155 g/mol. The van der Waals surface area contributed by atoms with Crippen LogP contribution in [0.3, 0.4) is 0 Å². The minimum absolute atomic E-state index is 0.404. The number of fused-ring (bicyclic) bond motifs is 1. The molecule has 1 aromatic rings. The number of guanidine groups is 1. The summed E-state index contributed by atoms with van der Waals surface area (Å²) in [6.45, 7) is 0. The molecule has 0 fully saturated rings. The number of aliphatic imine (C=N–C) groups is 1. The number of nitrogens with one attached hydrogen (secondary N) is 2. The zero-order chi connectivity index (χ0) is 6.97. The number of aromatic nitrogens is 2. The van der Waals surface area contributed by atoms with Crippen LogP contribution in [0.15, 0.2) is 16.3 Å². The van der Waals surface area contributed by atoms with Crippen LogP contribution in [-0.2, 0) is 0 Å². The van der Waals surface area contributed by atoms with Gasteiger partial charge in [0.15, 0.2) is 10.8 Å². The van der Waals surface area contributed by atoms with Crippen LogP contribution in [0, 0.1) is 0 Å². The van der Waals surface area contributed by atoms with Crippen LogP contribution in [0.4, 0.5) is 5.82 Å². The maximum Gasteiger partial charge on any atom is 0.205 e. The molecule has 1 aliphatic rings. The van der Waals surface area contributed by atoms with Crippen LogP contribution >= 0.6 is 11.9 Å². The molecular weight excluding hydrogens is 150 g/mol. The lowest BCUT2D eigenvalue weighted by Gasteiger charge is -2.06. The third-order valence-electron chi connectivity index (χ3n) is 1.07. The van der Waals surface area contributed by atoms with Gasteiger partial charge in [-0.25, -0.2) is 4.98 Å². The summed E-state index contributed by atoms with van der Waals surface area (Å²) in [4.78, 5) is 10.8. The Kier molecular flexibility index (Phi) is 1.07.